The minimum Gasteiger partial charge on any atom is -0.245 e. The van der Waals surface area contributed by atoms with Crippen LogP contribution in [-0.2, 0) is 0 Å². The molecule has 0 fully saturated rings. The Balaban J connectivity index is 2.03. The zero-order valence-corrected chi connectivity index (χ0v) is 15.4. The lowest BCUT2D eigenvalue weighted by atomic mass is 10.0. The van der Waals surface area contributed by atoms with Gasteiger partial charge < -0.3 is 0 Å². The number of amides is 1. The van der Waals surface area contributed by atoms with Crippen LogP contribution in [0, 0.1) is 5.92 Å². The lowest BCUT2D eigenvalue weighted by Crippen LogP contribution is -2.52. The number of nitrogens with zero attached hydrogens (tertiary/aromatic N) is 4. The van der Waals surface area contributed by atoms with Gasteiger partial charge in [-0.05, 0) is 12.1 Å². The minimum atomic E-state index is -0.142. The number of aliphatic imine (C=N–C) groups is 1. The summed E-state index contributed by atoms with van der Waals surface area (Å²) in [5.41, 5.74) is 3.62. The lowest BCUT2D eigenvalue weighted by molar-refractivity contribution is 0.234. The van der Waals surface area contributed by atoms with Crippen LogP contribution in [0.25, 0.3) is 5.70 Å². The number of imidazole rings is 1. The fourth-order valence-electron chi connectivity index (χ4n) is 3.49. The molecule has 5 nitrogen and oxygen atoms in total. The number of para-hydroxylation sites is 1. The molecule has 0 bridgehead atoms. The Morgan fingerprint density at radius 3 is 2.26 bits per heavy atom. The molecule has 0 N–H and O–H groups in total. The van der Waals surface area contributed by atoms with Crippen LogP contribution in [0.5, 0.6) is 0 Å². The molecule has 2 heterocycles. The third-order valence-corrected chi connectivity index (χ3v) is 4.75. The molecule has 134 valence electrons. The second-order valence-corrected chi connectivity index (χ2v) is 6.81. The number of hydrogen-bond donors (Lipinski definition) is 0. The number of carbonyl (C=O) groups is 1. The first-order chi connectivity index (χ1) is 13.1. The Morgan fingerprint density at radius 2 is 1.67 bits per heavy atom. The molecule has 1 aromatic heterocycles. The van der Waals surface area contributed by atoms with Crippen molar-refractivity contribution in [2.24, 2.45) is 10.9 Å². The highest BCUT2D eigenvalue weighted by molar-refractivity contribution is 6.15. The summed E-state index contributed by atoms with van der Waals surface area (Å²) >= 11 is 0. The number of allylic oxidation sites excluding steroid dienone is 1. The fraction of sp³-hybridized carbons (Fsp3) is 0.136. The van der Waals surface area contributed by atoms with E-state index in [1.165, 1.54) is 10.9 Å². The average molecular weight is 357 g/mol. The maximum absolute atomic E-state index is 13.8. The van der Waals surface area contributed by atoms with Crippen LogP contribution in [0.3, 0.4) is 0 Å². The Morgan fingerprint density at radius 1 is 1.00 bits per heavy atom. The van der Waals surface area contributed by atoms with Gasteiger partial charge in [-0.1, -0.05) is 50.2 Å². The number of quaternary nitrogens is 1. The van der Waals surface area contributed by atoms with Gasteiger partial charge in [0, 0.05) is 36.0 Å². The molecular weight excluding hydrogens is 336 g/mol. The van der Waals surface area contributed by atoms with E-state index in [9.17, 15) is 4.79 Å². The number of hydrogen-bond acceptors (Lipinski definition) is 3. The molecule has 1 aliphatic heterocycles. The Kier molecular flexibility index (Phi) is 4.30. The smallest absolute Gasteiger partial charge is 0.245 e. The van der Waals surface area contributed by atoms with E-state index in [4.69, 9.17) is 4.99 Å². The van der Waals surface area contributed by atoms with E-state index in [0.717, 1.165) is 22.6 Å². The van der Waals surface area contributed by atoms with E-state index in [-0.39, 0.29) is 16.4 Å². The van der Waals surface area contributed by atoms with Crippen molar-refractivity contribution >= 4 is 23.8 Å². The summed E-state index contributed by atoms with van der Waals surface area (Å²) in [7, 11) is 0. The largest absolute Gasteiger partial charge is 0.444 e. The van der Waals surface area contributed by atoms with Gasteiger partial charge in [0.05, 0.1) is 0 Å². The van der Waals surface area contributed by atoms with Gasteiger partial charge in [-0.15, -0.1) is 4.48 Å². The van der Waals surface area contributed by atoms with Gasteiger partial charge in [0.15, 0.2) is 11.4 Å². The first-order valence-corrected chi connectivity index (χ1v) is 8.97. The second-order valence-electron chi connectivity index (χ2n) is 6.81. The van der Waals surface area contributed by atoms with E-state index in [1.54, 1.807) is 18.7 Å². The van der Waals surface area contributed by atoms with Crippen molar-refractivity contribution in [2.75, 3.05) is 0 Å². The normalized spacial score (nSPS) is 19.1. The van der Waals surface area contributed by atoms with Crippen LogP contribution in [0.15, 0.2) is 90.1 Å². The van der Waals surface area contributed by atoms with E-state index in [2.05, 4.69) is 18.8 Å². The molecule has 1 atom stereocenters. The second kappa shape index (κ2) is 6.78. The molecule has 2 aromatic carbocycles. The predicted molar refractivity (Wildman–Crippen MR) is 108 cm³/mol. The highest BCUT2D eigenvalue weighted by atomic mass is 16.2. The first kappa shape index (κ1) is 17.1. The molecule has 0 spiro atoms. The van der Waals surface area contributed by atoms with E-state index in [0.29, 0.717) is 0 Å². The molecule has 5 heteroatoms. The molecule has 0 saturated carbocycles. The number of rotatable bonds is 3. The first-order valence-electron chi connectivity index (χ1n) is 8.97. The van der Waals surface area contributed by atoms with Crippen molar-refractivity contribution in [3.05, 3.63) is 90.6 Å². The van der Waals surface area contributed by atoms with Crippen LogP contribution in [0.1, 0.15) is 19.4 Å². The number of aromatic nitrogens is 2. The van der Waals surface area contributed by atoms with Crippen LogP contribution in [0.4, 0.5) is 10.5 Å². The lowest BCUT2D eigenvalue weighted by Gasteiger charge is -2.29. The van der Waals surface area contributed by atoms with Crippen LogP contribution in [-0.4, -0.2) is 21.9 Å². The number of benzene rings is 2. The average Bonchev–Trinajstić information content (AvgIpc) is 3.37. The van der Waals surface area contributed by atoms with Crippen molar-refractivity contribution in [3.63, 3.8) is 0 Å². The van der Waals surface area contributed by atoms with Crippen molar-refractivity contribution in [2.45, 2.75) is 13.8 Å². The Hall–Kier alpha value is -3.31. The third kappa shape index (κ3) is 2.73. The fourth-order valence-corrected chi connectivity index (χ4v) is 3.49. The molecule has 3 aromatic rings. The summed E-state index contributed by atoms with van der Waals surface area (Å²) < 4.78 is 1.42. The standard InChI is InChI=1S/C22H21N4O/c1-17(2)20-21(18-9-5-3-6-10-18)26(16-24-20,19-11-7-4-8-12-19)22(27)25-14-13-23-15-25/h3-17H,1-2H3/q+1. The zero-order chi connectivity index (χ0) is 18.9. The van der Waals surface area contributed by atoms with Gasteiger partial charge in [0.1, 0.15) is 12.0 Å². The Labute approximate surface area is 158 Å². The van der Waals surface area contributed by atoms with Crippen molar-refractivity contribution < 1.29 is 4.79 Å². The quantitative estimate of drug-likeness (QED) is 0.624. The van der Waals surface area contributed by atoms with Crippen molar-refractivity contribution in [3.8, 4) is 0 Å². The van der Waals surface area contributed by atoms with E-state index >= 15 is 0 Å². The highest BCUT2D eigenvalue weighted by Gasteiger charge is 2.50. The molecule has 1 aliphatic rings. The molecule has 4 rings (SSSR count). The predicted octanol–water partition coefficient (Wildman–Crippen LogP) is 4.93. The van der Waals surface area contributed by atoms with Gasteiger partial charge in [-0.25, -0.2) is 19.3 Å². The van der Waals surface area contributed by atoms with Crippen LogP contribution >= 0.6 is 0 Å². The van der Waals surface area contributed by atoms with Gasteiger partial charge in [0.2, 0.25) is 6.34 Å². The molecule has 1 amide bonds. The monoisotopic (exact) mass is 357 g/mol. The minimum absolute atomic E-state index is 0.102. The summed E-state index contributed by atoms with van der Waals surface area (Å²) in [4.78, 5) is 22.5. The van der Waals surface area contributed by atoms with Crippen LogP contribution < -0.4 is 4.48 Å². The number of carbonyl (C=O) groups excluding carboxylic acids is 1. The van der Waals surface area contributed by atoms with Crippen molar-refractivity contribution in [1.82, 2.24) is 14.0 Å². The summed E-state index contributed by atoms with van der Waals surface area (Å²) in [6.45, 7) is 4.20. The maximum atomic E-state index is 13.8. The summed E-state index contributed by atoms with van der Waals surface area (Å²) in [5.74, 6) is 0.177. The molecule has 0 aliphatic carbocycles. The van der Waals surface area contributed by atoms with Gasteiger partial charge in [-0.3, -0.25) is 0 Å². The van der Waals surface area contributed by atoms with E-state index in [1.807, 2.05) is 60.7 Å². The zero-order valence-electron chi connectivity index (χ0n) is 15.4. The summed E-state index contributed by atoms with van der Waals surface area (Å²) in [5, 5.41) is 0. The van der Waals surface area contributed by atoms with Gasteiger partial charge in [-0.2, -0.15) is 0 Å². The summed E-state index contributed by atoms with van der Waals surface area (Å²) in [6, 6.07) is 19.6. The van der Waals surface area contributed by atoms with Gasteiger partial charge in [0.25, 0.3) is 0 Å². The van der Waals surface area contributed by atoms with Gasteiger partial charge >= 0.3 is 6.03 Å². The van der Waals surface area contributed by atoms with E-state index < -0.39 is 0 Å². The topological polar surface area (TPSA) is 47.2 Å². The third-order valence-electron chi connectivity index (χ3n) is 4.75. The SMILES string of the molecule is CC(C)C1=C(c2ccccc2)[N+](C(=O)n2ccnc2)(c2ccccc2)C=N1. The maximum Gasteiger partial charge on any atom is 0.444 e. The molecule has 1 unspecified atom stereocenters. The van der Waals surface area contributed by atoms with Crippen molar-refractivity contribution in [1.29, 1.82) is 0 Å². The molecular formula is C22H21N4O+. The molecule has 0 saturated heterocycles. The summed E-state index contributed by atoms with van der Waals surface area (Å²) in [6.07, 6.45) is 6.57. The highest BCUT2D eigenvalue weighted by Crippen LogP contribution is 2.42. The Bertz CT molecular complexity index is 1000. The van der Waals surface area contributed by atoms with Crippen LogP contribution in [0.2, 0.25) is 0 Å². The molecule has 0 radical (unpaired) electrons. The molecule has 27 heavy (non-hydrogen) atoms.